The van der Waals surface area contributed by atoms with E-state index in [0.717, 1.165) is 0 Å². The first kappa shape index (κ1) is 23.5. The van der Waals surface area contributed by atoms with E-state index >= 15 is 0 Å². The van der Waals surface area contributed by atoms with Gasteiger partial charge in [0.1, 0.15) is 0 Å². The lowest BCUT2D eigenvalue weighted by molar-refractivity contribution is -0.120. The lowest BCUT2D eigenvalue weighted by Gasteiger charge is -2.30. The number of carbonyl (C=O) groups is 2. The highest BCUT2D eigenvalue weighted by Crippen LogP contribution is 2.29. The zero-order valence-electron chi connectivity index (χ0n) is 16.8. The number of benzene rings is 2. The van der Waals surface area contributed by atoms with Gasteiger partial charge in [0, 0.05) is 40.3 Å². The Morgan fingerprint density at radius 1 is 1.10 bits per heavy atom. The van der Waals surface area contributed by atoms with Gasteiger partial charge in [0.05, 0.1) is 18.4 Å². The van der Waals surface area contributed by atoms with Crippen molar-refractivity contribution in [3.8, 4) is 0 Å². The van der Waals surface area contributed by atoms with Gasteiger partial charge in [0.25, 0.3) is 0 Å². The number of hydrogen-bond acceptors (Lipinski definition) is 5. The summed E-state index contributed by atoms with van der Waals surface area (Å²) < 4.78 is 31.7. The monoisotopic (exact) mass is 484 g/mol. The molecule has 10 heteroatoms. The standard InChI is InChI=1S/C21H22Cl2N2O5S/c1-30-21(27)15-4-2-5-16(12-15)24-20(26)14-8-10-25(11-9-14)31(28,29)13-17-18(22)6-3-7-19(17)23/h2-7,12,14H,8-11,13H2,1H3,(H,24,26). The predicted molar refractivity (Wildman–Crippen MR) is 120 cm³/mol. The van der Waals surface area contributed by atoms with E-state index in [2.05, 4.69) is 10.1 Å². The van der Waals surface area contributed by atoms with Gasteiger partial charge >= 0.3 is 5.97 Å². The van der Waals surface area contributed by atoms with E-state index in [1.54, 1.807) is 36.4 Å². The Labute approximate surface area is 191 Å². The fraction of sp³-hybridized carbons (Fsp3) is 0.333. The summed E-state index contributed by atoms with van der Waals surface area (Å²) >= 11 is 12.2. The number of amides is 1. The van der Waals surface area contributed by atoms with Crippen molar-refractivity contribution < 1.29 is 22.7 Å². The minimum absolute atomic E-state index is 0.215. The van der Waals surface area contributed by atoms with Crippen LogP contribution in [0.1, 0.15) is 28.8 Å². The molecule has 1 heterocycles. The summed E-state index contributed by atoms with van der Waals surface area (Å²) in [5.74, 6) is -1.33. The average molecular weight is 485 g/mol. The molecule has 0 unspecified atom stereocenters. The number of halogens is 2. The Morgan fingerprint density at radius 2 is 1.71 bits per heavy atom. The third-order valence-corrected chi connectivity index (χ3v) is 7.67. The van der Waals surface area contributed by atoms with E-state index in [9.17, 15) is 18.0 Å². The largest absolute Gasteiger partial charge is 0.465 e. The minimum Gasteiger partial charge on any atom is -0.465 e. The van der Waals surface area contributed by atoms with Crippen LogP contribution in [0.2, 0.25) is 10.0 Å². The molecule has 1 amide bonds. The van der Waals surface area contributed by atoms with Crippen molar-refractivity contribution >= 4 is 50.8 Å². The van der Waals surface area contributed by atoms with Crippen molar-refractivity contribution in [2.75, 3.05) is 25.5 Å². The molecule has 3 rings (SSSR count). The van der Waals surface area contributed by atoms with Gasteiger partial charge < -0.3 is 10.1 Å². The van der Waals surface area contributed by atoms with Crippen LogP contribution in [0.15, 0.2) is 42.5 Å². The summed E-state index contributed by atoms with van der Waals surface area (Å²) in [4.78, 5) is 24.3. The van der Waals surface area contributed by atoms with E-state index in [0.29, 0.717) is 39.7 Å². The third-order valence-electron chi connectivity index (χ3n) is 5.16. The smallest absolute Gasteiger partial charge is 0.337 e. The molecule has 166 valence electrons. The highest BCUT2D eigenvalue weighted by atomic mass is 35.5. The Bertz CT molecular complexity index is 1060. The normalized spacial score (nSPS) is 15.5. The van der Waals surface area contributed by atoms with Crippen LogP contribution in [-0.2, 0) is 25.3 Å². The maximum atomic E-state index is 12.8. The van der Waals surface area contributed by atoms with Crippen molar-refractivity contribution in [3.63, 3.8) is 0 Å². The van der Waals surface area contributed by atoms with Crippen molar-refractivity contribution in [2.24, 2.45) is 5.92 Å². The van der Waals surface area contributed by atoms with Crippen LogP contribution < -0.4 is 5.32 Å². The molecule has 0 aromatic heterocycles. The summed E-state index contributed by atoms with van der Waals surface area (Å²) in [6.45, 7) is 0.454. The van der Waals surface area contributed by atoms with E-state index in [1.807, 2.05) is 0 Å². The fourth-order valence-electron chi connectivity index (χ4n) is 3.43. The first-order valence-electron chi connectivity index (χ1n) is 9.61. The number of piperidine rings is 1. The lowest BCUT2D eigenvalue weighted by atomic mass is 9.97. The zero-order chi connectivity index (χ0) is 22.6. The molecule has 1 saturated heterocycles. The number of anilines is 1. The Kier molecular flexibility index (Phi) is 7.59. The van der Waals surface area contributed by atoms with Crippen LogP contribution in [0.5, 0.6) is 0 Å². The summed E-state index contributed by atoms with van der Waals surface area (Å²) in [5, 5.41) is 3.40. The molecule has 7 nitrogen and oxygen atoms in total. The van der Waals surface area contributed by atoms with Crippen molar-refractivity contribution in [1.29, 1.82) is 0 Å². The van der Waals surface area contributed by atoms with E-state index in [-0.39, 0.29) is 30.7 Å². The topological polar surface area (TPSA) is 92.8 Å². The number of methoxy groups -OCH3 is 1. The second kappa shape index (κ2) is 9.99. The number of esters is 1. The molecule has 0 aliphatic carbocycles. The molecule has 2 aromatic carbocycles. The number of nitrogens with zero attached hydrogens (tertiary/aromatic N) is 1. The van der Waals surface area contributed by atoms with Gasteiger partial charge in [-0.2, -0.15) is 0 Å². The van der Waals surface area contributed by atoms with E-state index in [4.69, 9.17) is 23.2 Å². The number of hydrogen-bond donors (Lipinski definition) is 1. The van der Waals surface area contributed by atoms with Crippen LogP contribution in [-0.4, -0.2) is 44.8 Å². The van der Waals surface area contributed by atoms with Gasteiger partial charge in [-0.1, -0.05) is 35.3 Å². The van der Waals surface area contributed by atoms with Crippen molar-refractivity contribution in [2.45, 2.75) is 18.6 Å². The number of rotatable bonds is 6. The predicted octanol–water partition coefficient (Wildman–Crippen LogP) is 3.96. The molecular weight excluding hydrogens is 463 g/mol. The molecule has 1 aliphatic rings. The average Bonchev–Trinajstić information content (AvgIpc) is 2.76. The van der Waals surface area contributed by atoms with E-state index in [1.165, 1.54) is 17.5 Å². The number of carbonyl (C=O) groups excluding carboxylic acids is 2. The van der Waals surface area contributed by atoms with Crippen LogP contribution in [0, 0.1) is 5.92 Å². The van der Waals surface area contributed by atoms with Crippen LogP contribution in [0.3, 0.4) is 0 Å². The Hall–Kier alpha value is -2.13. The first-order chi connectivity index (χ1) is 14.7. The van der Waals surface area contributed by atoms with Crippen molar-refractivity contribution in [3.05, 3.63) is 63.6 Å². The maximum absolute atomic E-state index is 12.8. The van der Waals surface area contributed by atoms with E-state index < -0.39 is 16.0 Å². The number of sulfonamides is 1. The van der Waals surface area contributed by atoms with Crippen LogP contribution in [0.25, 0.3) is 0 Å². The maximum Gasteiger partial charge on any atom is 0.337 e. The summed E-state index contributed by atoms with van der Waals surface area (Å²) in [7, 11) is -2.34. The molecule has 0 saturated carbocycles. The van der Waals surface area contributed by atoms with Gasteiger partial charge in [0.2, 0.25) is 15.9 Å². The molecular formula is C21H22Cl2N2O5S. The van der Waals surface area contributed by atoms with Gasteiger partial charge in [-0.05, 0) is 43.2 Å². The van der Waals surface area contributed by atoms with Gasteiger partial charge in [0.15, 0.2) is 0 Å². The quantitative estimate of drug-likeness (QED) is 0.626. The third kappa shape index (κ3) is 5.77. The molecule has 31 heavy (non-hydrogen) atoms. The highest BCUT2D eigenvalue weighted by Gasteiger charge is 2.32. The molecule has 0 atom stereocenters. The van der Waals surface area contributed by atoms with Gasteiger partial charge in [-0.15, -0.1) is 0 Å². The molecule has 1 fully saturated rings. The molecule has 1 N–H and O–H groups in total. The van der Waals surface area contributed by atoms with Crippen molar-refractivity contribution in [1.82, 2.24) is 4.31 Å². The van der Waals surface area contributed by atoms with Gasteiger partial charge in [-0.3, -0.25) is 4.79 Å². The highest BCUT2D eigenvalue weighted by molar-refractivity contribution is 7.88. The molecule has 0 bridgehead atoms. The number of ether oxygens (including phenoxy) is 1. The first-order valence-corrected chi connectivity index (χ1v) is 12.0. The minimum atomic E-state index is -3.63. The lowest BCUT2D eigenvalue weighted by Crippen LogP contribution is -2.42. The molecule has 2 aromatic rings. The Balaban J connectivity index is 1.60. The fourth-order valence-corrected chi connectivity index (χ4v) is 5.74. The Morgan fingerprint density at radius 3 is 2.32 bits per heavy atom. The summed E-state index contributed by atoms with van der Waals surface area (Å²) in [5.41, 5.74) is 1.19. The molecule has 0 spiro atoms. The second-order valence-corrected chi connectivity index (χ2v) is 9.97. The van der Waals surface area contributed by atoms with Gasteiger partial charge in [-0.25, -0.2) is 17.5 Å². The van der Waals surface area contributed by atoms with Crippen LogP contribution in [0.4, 0.5) is 5.69 Å². The summed E-state index contributed by atoms with van der Waals surface area (Å²) in [6.07, 6.45) is 0.774. The zero-order valence-corrected chi connectivity index (χ0v) is 19.1. The molecule has 1 aliphatic heterocycles. The molecule has 0 radical (unpaired) electrons. The van der Waals surface area contributed by atoms with Crippen LogP contribution >= 0.6 is 23.2 Å². The SMILES string of the molecule is COC(=O)c1cccc(NC(=O)C2CCN(S(=O)(=O)Cc3c(Cl)cccc3Cl)CC2)c1. The summed E-state index contributed by atoms with van der Waals surface area (Å²) in [6, 6.07) is 11.3. The second-order valence-electron chi connectivity index (χ2n) is 7.19. The number of nitrogens with one attached hydrogen (secondary N) is 1.